The molecular formula is C22H20FN2O3+. The van der Waals surface area contributed by atoms with Crippen molar-refractivity contribution in [2.24, 2.45) is 11.8 Å². The molecule has 0 saturated carbocycles. The minimum absolute atomic E-state index is 0.00967. The molecule has 3 aliphatic heterocycles. The van der Waals surface area contributed by atoms with Gasteiger partial charge in [-0.25, -0.2) is 9.29 Å². The van der Waals surface area contributed by atoms with E-state index in [4.69, 9.17) is 0 Å². The van der Waals surface area contributed by atoms with E-state index in [1.165, 1.54) is 29.2 Å². The molecule has 1 unspecified atom stereocenters. The van der Waals surface area contributed by atoms with Crippen molar-refractivity contribution < 1.29 is 23.7 Å². The summed E-state index contributed by atoms with van der Waals surface area (Å²) < 4.78 is 13.3. The molecule has 5 nitrogen and oxygen atoms in total. The lowest BCUT2D eigenvalue weighted by Gasteiger charge is -2.25. The Labute approximate surface area is 161 Å². The number of halogens is 1. The van der Waals surface area contributed by atoms with Gasteiger partial charge in [0.2, 0.25) is 17.6 Å². The van der Waals surface area contributed by atoms with Crippen LogP contribution in [0.3, 0.4) is 0 Å². The van der Waals surface area contributed by atoms with Crippen LogP contribution in [-0.4, -0.2) is 36.2 Å². The first-order valence-corrected chi connectivity index (χ1v) is 9.66. The molecule has 6 heteroatoms. The van der Waals surface area contributed by atoms with Crippen LogP contribution in [0, 0.1) is 17.7 Å². The van der Waals surface area contributed by atoms with E-state index in [0.717, 1.165) is 24.3 Å². The number of nitrogens with zero attached hydrogens (tertiary/aromatic N) is 1. The second kappa shape index (κ2) is 6.34. The van der Waals surface area contributed by atoms with E-state index in [-0.39, 0.29) is 23.6 Å². The van der Waals surface area contributed by atoms with E-state index in [1.54, 1.807) is 24.3 Å². The third-order valence-electron chi connectivity index (χ3n) is 6.47. The quantitative estimate of drug-likeness (QED) is 0.645. The number of nitrogens with one attached hydrogen (secondary N) is 1. The summed E-state index contributed by atoms with van der Waals surface area (Å²) in [6.07, 6.45) is 1.77. The lowest BCUT2D eigenvalue weighted by Crippen LogP contribution is -3.16. The summed E-state index contributed by atoms with van der Waals surface area (Å²) in [7, 11) is 0. The number of para-hydroxylation sites is 1. The molecule has 3 heterocycles. The normalized spacial score (nSPS) is 31.2. The Bertz CT molecular complexity index is 960. The minimum atomic E-state index is -0.648. The van der Waals surface area contributed by atoms with Crippen molar-refractivity contribution in [3.63, 3.8) is 0 Å². The lowest BCUT2D eigenvalue weighted by atomic mass is 9.85. The first-order chi connectivity index (χ1) is 13.6. The molecule has 5 rings (SSSR count). The number of anilines is 1. The van der Waals surface area contributed by atoms with Crippen molar-refractivity contribution in [3.05, 3.63) is 66.0 Å². The second-order valence-electron chi connectivity index (χ2n) is 7.82. The van der Waals surface area contributed by atoms with Crippen LogP contribution in [0.25, 0.3) is 0 Å². The molecule has 1 N–H and O–H groups in total. The Morgan fingerprint density at radius 1 is 0.964 bits per heavy atom. The van der Waals surface area contributed by atoms with Gasteiger partial charge in [-0.15, -0.1) is 0 Å². The zero-order valence-corrected chi connectivity index (χ0v) is 15.2. The molecule has 0 spiro atoms. The fraction of sp³-hybridized carbons (Fsp3) is 0.318. The molecule has 0 radical (unpaired) electrons. The summed E-state index contributed by atoms with van der Waals surface area (Å²) in [5, 5.41) is 0. The van der Waals surface area contributed by atoms with E-state index in [2.05, 4.69) is 0 Å². The Morgan fingerprint density at radius 2 is 1.64 bits per heavy atom. The van der Waals surface area contributed by atoms with Crippen molar-refractivity contribution in [1.82, 2.24) is 0 Å². The molecule has 5 atom stereocenters. The zero-order valence-electron chi connectivity index (χ0n) is 15.2. The van der Waals surface area contributed by atoms with Gasteiger partial charge in [-0.3, -0.25) is 14.4 Å². The van der Waals surface area contributed by atoms with Gasteiger partial charge in [0.15, 0.2) is 6.04 Å². The smallest absolute Gasteiger partial charge is 0.244 e. The highest BCUT2D eigenvalue weighted by Crippen LogP contribution is 2.40. The number of amides is 2. The number of carbonyl (C=O) groups is 3. The largest absolute Gasteiger partial charge is 0.322 e. The van der Waals surface area contributed by atoms with Crippen LogP contribution in [0.4, 0.5) is 10.1 Å². The maximum Gasteiger partial charge on any atom is 0.244 e. The average molecular weight is 379 g/mol. The van der Waals surface area contributed by atoms with E-state index in [9.17, 15) is 18.8 Å². The van der Waals surface area contributed by atoms with E-state index in [0.29, 0.717) is 11.3 Å². The number of hydrogen-bond acceptors (Lipinski definition) is 3. The van der Waals surface area contributed by atoms with Gasteiger partial charge in [0, 0.05) is 18.4 Å². The first-order valence-electron chi connectivity index (χ1n) is 9.66. The summed E-state index contributed by atoms with van der Waals surface area (Å²) >= 11 is 0. The van der Waals surface area contributed by atoms with E-state index >= 15 is 0 Å². The van der Waals surface area contributed by atoms with Crippen LogP contribution in [-0.2, 0) is 9.59 Å². The maximum absolute atomic E-state index is 13.3. The predicted octanol–water partition coefficient (Wildman–Crippen LogP) is 1.24. The van der Waals surface area contributed by atoms with Crippen molar-refractivity contribution >= 4 is 23.3 Å². The molecular weight excluding hydrogens is 359 g/mol. The molecule has 0 aromatic heterocycles. The molecule has 0 bridgehead atoms. The number of fused-ring (bicyclic) bond motifs is 3. The first kappa shape index (κ1) is 17.3. The molecule has 3 aliphatic rings. The second-order valence-corrected chi connectivity index (χ2v) is 7.82. The molecule has 2 aromatic carbocycles. The van der Waals surface area contributed by atoms with Gasteiger partial charge in [-0.1, -0.05) is 18.2 Å². The number of rotatable bonds is 3. The van der Waals surface area contributed by atoms with Gasteiger partial charge in [0.05, 0.1) is 12.2 Å². The van der Waals surface area contributed by atoms with Gasteiger partial charge >= 0.3 is 0 Å². The van der Waals surface area contributed by atoms with Crippen molar-refractivity contribution in [3.8, 4) is 0 Å². The molecule has 2 amide bonds. The van der Waals surface area contributed by atoms with E-state index in [1.807, 2.05) is 6.07 Å². The Morgan fingerprint density at radius 3 is 2.36 bits per heavy atom. The highest BCUT2D eigenvalue weighted by Gasteiger charge is 2.68. The average Bonchev–Trinajstić information content (AvgIpc) is 3.35. The minimum Gasteiger partial charge on any atom is -0.322 e. The lowest BCUT2D eigenvalue weighted by molar-refractivity contribution is -0.915. The SMILES string of the molecule is O=C(c1ccc(F)cc1)[C@@H]1[C@@H]2C(=O)N(c3ccccc3)C(=O)[C@@H]2[C@@H]2CCC[NH+]12. The Balaban J connectivity index is 1.55. The molecule has 3 saturated heterocycles. The van der Waals surface area contributed by atoms with Gasteiger partial charge < -0.3 is 4.90 Å². The Kier molecular flexibility index (Phi) is 3.91. The highest BCUT2D eigenvalue weighted by molar-refractivity contribution is 6.24. The van der Waals surface area contributed by atoms with Gasteiger partial charge in [-0.05, 0) is 36.4 Å². The number of quaternary nitrogens is 1. The third kappa shape index (κ3) is 2.37. The van der Waals surface area contributed by atoms with Crippen LogP contribution in [0.1, 0.15) is 23.2 Å². The predicted molar refractivity (Wildman–Crippen MR) is 99.3 cm³/mol. The molecule has 2 aromatic rings. The molecule has 3 fully saturated rings. The monoisotopic (exact) mass is 379 g/mol. The topological polar surface area (TPSA) is 58.9 Å². The van der Waals surface area contributed by atoms with Gasteiger partial charge in [0.25, 0.3) is 0 Å². The number of imide groups is 1. The standard InChI is InChI=1S/C22H19FN2O3/c23-14-10-8-13(9-11-14)20(26)19-18-17(16-7-4-12-24(16)19)21(27)25(22(18)28)15-5-2-1-3-6-15/h1-3,5-6,8-11,16-19H,4,7,12H2/p+1/t16-,17+,18+,19-/m0/s1. The van der Waals surface area contributed by atoms with Crippen molar-refractivity contribution in [1.29, 1.82) is 0 Å². The van der Waals surface area contributed by atoms with Crippen molar-refractivity contribution in [2.75, 3.05) is 11.4 Å². The van der Waals surface area contributed by atoms with Crippen LogP contribution < -0.4 is 9.80 Å². The molecule has 0 aliphatic carbocycles. The van der Waals surface area contributed by atoms with Gasteiger partial charge in [0.1, 0.15) is 23.7 Å². The number of ketones is 1. The van der Waals surface area contributed by atoms with Crippen molar-refractivity contribution in [2.45, 2.75) is 24.9 Å². The zero-order chi connectivity index (χ0) is 19.4. The summed E-state index contributed by atoms with van der Waals surface area (Å²) in [6, 6.07) is 13.7. The summed E-state index contributed by atoms with van der Waals surface area (Å²) in [4.78, 5) is 42.1. The molecule has 142 valence electrons. The van der Waals surface area contributed by atoms with E-state index < -0.39 is 23.7 Å². The maximum atomic E-state index is 13.3. The Hall–Kier alpha value is -2.86. The number of benzene rings is 2. The molecule has 28 heavy (non-hydrogen) atoms. The van der Waals surface area contributed by atoms with Crippen LogP contribution >= 0.6 is 0 Å². The van der Waals surface area contributed by atoms with Gasteiger partial charge in [-0.2, -0.15) is 0 Å². The summed E-state index contributed by atoms with van der Waals surface area (Å²) in [5.41, 5.74) is 0.947. The highest BCUT2D eigenvalue weighted by atomic mass is 19.1. The fourth-order valence-electron chi connectivity index (χ4n) is 5.37. The van der Waals surface area contributed by atoms with Crippen LogP contribution in [0.15, 0.2) is 54.6 Å². The third-order valence-corrected chi connectivity index (χ3v) is 6.47. The van der Waals surface area contributed by atoms with Crippen LogP contribution in [0.5, 0.6) is 0 Å². The fourth-order valence-corrected chi connectivity index (χ4v) is 5.37. The van der Waals surface area contributed by atoms with Crippen LogP contribution in [0.2, 0.25) is 0 Å². The number of carbonyl (C=O) groups excluding carboxylic acids is 3. The number of Topliss-reactive ketones (excluding diaryl/α,β-unsaturated/α-hetero) is 1. The summed E-state index contributed by atoms with van der Waals surface area (Å²) in [5.74, 6) is -2.17. The summed E-state index contributed by atoms with van der Waals surface area (Å²) in [6.45, 7) is 0.779. The number of hydrogen-bond donors (Lipinski definition) is 1.